The van der Waals surface area contributed by atoms with Gasteiger partial charge in [0.1, 0.15) is 19.8 Å². The van der Waals surface area contributed by atoms with Gasteiger partial charge in [-0.2, -0.15) is 0 Å². The van der Waals surface area contributed by atoms with Crippen molar-refractivity contribution in [3.8, 4) is 0 Å². The molecule has 0 aromatic carbocycles. The second-order valence-electron chi connectivity index (χ2n) is 24.9. The first-order chi connectivity index (χ1) is 46.0. The number of nitrogens with zero attached hydrogens (tertiary/aromatic N) is 1. The highest BCUT2D eigenvalue weighted by Gasteiger charge is 2.27. The summed E-state index contributed by atoms with van der Waals surface area (Å²) in [5.74, 6) is -0.828. The topological polar surface area (TPSA) is 108 Å². The Morgan fingerprint density at radius 2 is 0.574 bits per heavy atom. The lowest BCUT2D eigenvalue weighted by atomic mass is 10.1. The van der Waals surface area contributed by atoms with Gasteiger partial charge in [-0.1, -0.05) is 304 Å². The summed E-state index contributed by atoms with van der Waals surface area (Å²) in [6.07, 6.45) is 114. The van der Waals surface area contributed by atoms with E-state index in [0.29, 0.717) is 17.4 Å². The van der Waals surface area contributed by atoms with Crippen LogP contribution in [0.1, 0.15) is 258 Å². The maximum Gasteiger partial charge on any atom is 0.472 e. The number of unbranched alkanes of at least 4 members (excludes halogenated alkanes) is 17. The van der Waals surface area contributed by atoms with Gasteiger partial charge in [-0.25, -0.2) is 4.57 Å². The van der Waals surface area contributed by atoms with Crippen LogP contribution in [-0.2, 0) is 32.7 Å². The molecule has 1 N–H and O–H groups in total. The molecule has 2 unspecified atom stereocenters. The molecule has 94 heavy (non-hydrogen) atoms. The molecule has 0 bridgehead atoms. The Morgan fingerprint density at radius 3 is 0.851 bits per heavy atom. The molecule has 9 nitrogen and oxygen atoms in total. The Balaban J connectivity index is 4.16. The van der Waals surface area contributed by atoms with E-state index >= 15 is 0 Å². The largest absolute Gasteiger partial charge is 0.472 e. The number of carbonyl (C=O) groups is 2. The Morgan fingerprint density at radius 1 is 0.330 bits per heavy atom. The van der Waals surface area contributed by atoms with Crippen molar-refractivity contribution < 1.29 is 42.1 Å². The zero-order chi connectivity index (χ0) is 68.3. The summed E-state index contributed by atoms with van der Waals surface area (Å²) in [7, 11) is 1.44. The van der Waals surface area contributed by atoms with Crippen molar-refractivity contribution >= 4 is 19.8 Å². The lowest BCUT2D eigenvalue weighted by molar-refractivity contribution is -0.870. The van der Waals surface area contributed by atoms with E-state index < -0.39 is 26.5 Å². The highest BCUT2D eigenvalue weighted by atomic mass is 31.2. The van der Waals surface area contributed by atoms with Gasteiger partial charge < -0.3 is 18.9 Å². The molecule has 0 aromatic rings. The van der Waals surface area contributed by atoms with Gasteiger partial charge in [0.15, 0.2) is 6.10 Å². The van der Waals surface area contributed by atoms with Crippen LogP contribution in [0.4, 0.5) is 0 Å². The monoisotopic (exact) mass is 1320 g/mol. The van der Waals surface area contributed by atoms with E-state index in [4.69, 9.17) is 18.5 Å². The van der Waals surface area contributed by atoms with Gasteiger partial charge in [-0.15, -0.1) is 0 Å². The summed E-state index contributed by atoms with van der Waals surface area (Å²) >= 11 is 0. The van der Waals surface area contributed by atoms with Crippen LogP contribution in [0.3, 0.4) is 0 Å². The minimum Gasteiger partial charge on any atom is -0.462 e. The number of quaternary nitrogens is 1. The number of likely N-dealkylation sites (N-methyl/N-ethyl adjacent to an activating group) is 1. The number of hydrogen-bond acceptors (Lipinski definition) is 7. The number of hydrogen-bond donors (Lipinski definition) is 1. The van der Waals surface area contributed by atoms with Crippen LogP contribution < -0.4 is 0 Å². The first-order valence-electron chi connectivity index (χ1n) is 36.8. The summed E-state index contributed by atoms with van der Waals surface area (Å²) in [4.78, 5) is 35.9. The number of carbonyl (C=O) groups excluding carboxylic acids is 2. The van der Waals surface area contributed by atoms with Crippen LogP contribution >= 0.6 is 7.82 Å². The molecule has 0 rings (SSSR count). The molecule has 0 heterocycles. The van der Waals surface area contributed by atoms with Crippen molar-refractivity contribution in [2.45, 2.75) is 264 Å². The SMILES string of the molecule is CC/C=C\C/C=C\C/C=C\C/C=C\C/C=C\C/C=C\C/C=C\C/C=C\C/C=C\CCCCCCCCCC(=O)OC(COC(=O)CCCCCCCCCCCC/C=C\C/C=C\C/C=C\C/C=C\C/C=C\C/C=C\C/C=C\C/C=C\CC)COP(=O)(O)OCC[N+](C)(C)C. The van der Waals surface area contributed by atoms with Crippen molar-refractivity contribution in [3.63, 3.8) is 0 Å². The Labute approximate surface area is 576 Å². The fourth-order valence-electron chi connectivity index (χ4n) is 9.26. The Kier molecular flexibility index (Phi) is 67.7. The quantitative estimate of drug-likeness (QED) is 0.0211. The van der Waals surface area contributed by atoms with E-state index in [9.17, 15) is 19.0 Å². The lowest BCUT2D eigenvalue weighted by Crippen LogP contribution is -2.37. The minimum atomic E-state index is -4.41. The third kappa shape index (κ3) is 75.6. The van der Waals surface area contributed by atoms with Gasteiger partial charge in [0, 0.05) is 12.8 Å². The first-order valence-corrected chi connectivity index (χ1v) is 38.3. The fourth-order valence-corrected chi connectivity index (χ4v) is 10.0. The standard InChI is InChI=1S/C84H134NO8P/c1-6-8-10-12-14-16-18-20-22-24-26-28-30-32-34-36-38-40-42-44-46-48-50-52-54-56-58-60-62-64-66-68-70-72-74-76-83(86)90-80-82(81-92-94(88,89)91-79-78-85(3,4)5)93-84(87)77-75-73-71-69-67-65-63-61-59-57-55-53-51-49-47-45-43-41-39-37-35-33-31-29-27-25-23-21-19-17-15-13-11-9-7-2/h8-11,14-17,20-23,26-29,32-35,38-41,44-47,50-53,57,59,82H,6-7,12-13,18-19,24-25,30-31,36-37,42-43,48-49,54-56,58,60-81H2,1-5H3/p+1/b10-8-,11-9-,16-14-,17-15-,22-20-,23-21-,28-26-,29-27-,34-32-,35-33-,40-38-,41-39-,46-44-,47-45-,52-50-,53-51-,59-57-. The summed E-state index contributed by atoms with van der Waals surface area (Å²) in [6, 6.07) is 0. The second-order valence-corrected chi connectivity index (χ2v) is 26.3. The number of phosphoric acid groups is 1. The van der Waals surface area contributed by atoms with E-state index in [2.05, 4.69) is 220 Å². The van der Waals surface area contributed by atoms with E-state index in [0.717, 1.165) is 167 Å². The van der Waals surface area contributed by atoms with E-state index in [-0.39, 0.29) is 32.0 Å². The van der Waals surface area contributed by atoms with Gasteiger partial charge in [0.25, 0.3) is 0 Å². The zero-order valence-corrected chi connectivity index (χ0v) is 61.0. The number of ether oxygens (including phenoxy) is 2. The van der Waals surface area contributed by atoms with E-state index in [1.165, 1.54) is 57.8 Å². The van der Waals surface area contributed by atoms with Crippen molar-refractivity contribution in [2.75, 3.05) is 47.5 Å². The molecular formula is C84H135NO8P+. The van der Waals surface area contributed by atoms with Crippen LogP contribution in [0.15, 0.2) is 207 Å². The van der Waals surface area contributed by atoms with Crippen LogP contribution in [0.2, 0.25) is 0 Å². The van der Waals surface area contributed by atoms with Gasteiger partial charge in [-0.05, 0) is 148 Å². The van der Waals surface area contributed by atoms with Crippen LogP contribution in [0.25, 0.3) is 0 Å². The molecule has 0 fully saturated rings. The fraction of sp³-hybridized carbons (Fsp3) is 0.571. The first kappa shape index (κ1) is 88.6. The predicted molar refractivity (Wildman–Crippen MR) is 408 cm³/mol. The van der Waals surface area contributed by atoms with Gasteiger partial charge in [0.05, 0.1) is 27.7 Å². The molecule has 528 valence electrons. The molecule has 0 amide bonds. The number of allylic oxidation sites excluding steroid dienone is 34. The van der Waals surface area contributed by atoms with E-state index in [1.54, 1.807) is 0 Å². The maximum absolute atomic E-state index is 12.9. The predicted octanol–water partition coefficient (Wildman–Crippen LogP) is 24.6. The third-order valence-corrected chi connectivity index (χ3v) is 15.8. The average molecular weight is 1320 g/mol. The molecule has 0 aliphatic rings. The molecule has 0 aliphatic heterocycles. The average Bonchev–Trinajstić information content (AvgIpc) is 1.68. The molecule has 0 aliphatic carbocycles. The van der Waals surface area contributed by atoms with Crippen molar-refractivity contribution in [1.82, 2.24) is 0 Å². The Hall–Kier alpha value is -5.41. The molecule has 0 radical (unpaired) electrons. The number of rotatable bonds is 65. The van der Waals surface area contributed by atoms with Crippen LogP contribution in [-0.4, -0.2) is 74.9 Å². The second kappa shape index (κ2) is 71.9. The van der Waals surface area contributed by atoms with Gasteiger partial charge >= 0.3 is 19.8 Å². The summed E-state index contributed by atoms with van der Waals surface area (Å²) in [6.45, 7) is 4.17. The number of esters is 2. The highest BCUT2D eigenvalue weighted by Crippen LogP contribution is 2.43. The van der Waals surface area contributed by atoms with Crippen LogP contribution in [0, 0.1) is 0 Å². The minimum absolute atomic E-state index is 0.0175. The molecular weight excluding hydrogens is 1180 g/mol. The molecule has 2 atom stereocenters. The van der Waals surface area contributed by atoms with E-state index in [1.807, 2.05) is 21.1 Å². The Bertz CT molecular complexity index is 2340. The molecule has 0 saturated heterocycles. The summed E-state index contributed by atoms with van der Waals surface area (Å²) in [5, 5.41) is 0. The molecule has 0 spiro atoms. The number of phosphoric ester groups is 1. The molecule has 10 heteroatoms. The summed E-state index contributed by atoms with van der Waals surface area (Å²) in [5.41, 5.74) is 0. The van der Waals surface area contributed by atoms with Gasteiger partial charge in [-0.3, -0.25) is 18.6 Å². The van der Waals surface area contributed by atoms with Crippen molar-refractivity contribution in [2.24, 2.45) is 0 Å². The van der Waals surface area contributed by atoms with Crippen molar-refractivity contribution in [3.05, 3.63) is 207 Å². The highest BCUT2D eigenvalue weighted by molar-refractivity contribution is 7.47. The third-order valence-electron chi connectivity index (χ3n) is 14.8. The normalized spacial score (nSPS) is 14.3. The molecule has 0 aromatic heterocycles. The smallest absolute Gasteiger partial charge is 0.462 e. The summed E-state index contributed by atoms with van der Waals surface area (Å²) < 4.78 is 34.7. The van der Waals surface area contributed by atoms with Crippen LogP contribution in [0.5, 0.6) is 0 Å². The zero-order valence-electron chi connectivity index (χ0n) is 60.1. The van der Waals surface area contributed by atoms with Crippen molar-refractivity contribution in [1.29, 1.82) is 0 Å². The maximum atomic E-state index is 12.9. The molecule has 0 saturated carbocycles. The van der Waals surface area contributed by atoms with Gasteiger partial charge in [0.2, 0.25) is 0 Å². The lowest BCUT2D eigenvalue weighted by Gasteiger charge is -2.24.